The summed E-state index contributed by atoms with van der Waals surface area (Å²) in [5.74, 6) is -1.28. The van der Waals surface area contributed by atoms with Crippen LogP contribution in [0.5, 0.6) is 0 Å². The van der Waals surface area contributed by atoms with E-state index in [4.69, 9.17) is 4.74 Å². The van der Waals surface area contributed by atoms with Crippen LogP contribution in [0, 0.1) is 0 Å². The normalized spacial score (nSPS) is 15.6. The summed E-state index contributed by atoms with van der Waals surface area (Å²) in [6.07, 6.45) is 0.875. The highest BCUT2D eigenvalue weighted by molar-refractivity contribution is 5.89. The molecule has 23 heavy (non-hydrogen) atoms. The van der Waals surface area contributed by atoms with Gasteiger partial charge >= 0.3 is 11.9 Å². The van der Waals surface area contributed by atoms with E-state index in [1.807, 2.05) is 30.3 Å². The van der Waals surface area contributed by atoms with Gasteiger partial charge in [0.05, 0.1) is 25.1 Å². The Kier molecular flexibility index (Phi) is 4.02. The first-order valence-corrected chi connectivity index (χ1v) is 7.36. The second-order valence-electron chi connectivity index (χ2n) is 5.53. The zero-order valence-corrected chi connectivity index (χ0v) is 12.7. The quantitative estimate of drug-likeness (QED) is 0.852. The van der Waals surface area contributed by atoms with Gasteiger partial charge in [0.15, 0.2) is 0 Å². The van der Waals surface area contributed by atoms with Crippen molar-refractivity contribution in [3.63, 3.8) is 0 Å². The topological polar surface area (TPSA) is 75.6 Å². The molecule has 1 aliphatic rings. The molecule has 2 aromatic carbocycles. The minimum absolute atomic E-state index is 0.185. The third-order valence-corrected chi connectivity index (χ3v) is 4.10. The summed E-state index contributed by atoms with van der Waals surface area (Å²) in [5.41, 5.74) is 4.13. The minimum atomic E-state index is -0.971. The molecule has 0 aromatic heterocycles. The van der Waals surface area contributed by atoms with Gasteiger partial charge in [0.25, 0.3) is 0 Å². The van der Waals surface area contributed by atoms with Crippen molar-refractivity contribution >= 4 is 17.6 Å². The molecular weight excluding hydrogens is 294 g/mol. The van der Waals surface area contributed by atoms with E-state index in [2.05, 4.69) is 5.32 Å². The average molecular weight is 311 g/mol. The number of carbonyl (C=O) groups excluding carboxylic acids is 1. The van der Waals surface area contributed by atoms with Crippen molar-refractivity contribution in [2.75, 3.05) is 12.4 Å². The summed E-state index contributed by atoms with van der Waals surface area (Å²) >= 11 is 0. The van der Waals surface area contributed by atoms with Gasteiger partial charge in [-0.15, -0.1) is 0 Å². The van der Waals surface area contributed by atoms with E-state index >= 15 is 0 Å². The molecule has 1 unspecified atom stereocenters. The number of benzene rings is 2. The van der Waals surface area contributed by atoms with Gasteiger partial charge in [-0.2, -0.15) is 0 Å². The molecule has 0 fully saturated rings. The largest absolute Gasteiger partial charge is 0.478 e. The first kappa shape index (κ1) is 15.1. The third kappa shape index (κ3) is 3.04. The first-order chi connectivity index (χ1) is 11.1. The Balaban J connectivity index is 2.05. The van der Waals surface area contributed by atoms with Crippen LogP contribution >= 0.6 is 0 Å². The van der Waals surface area contributed by atoms with Gasteiger partial charge in [-0.3, -0.25) is 4.79 Å². The van der Waals surface area contributed by atoms with Crippen molar-refractivity contribution in [3.05, 3.63) is 64.7 Å². The molecule has 0 radical (unpaired) electrons. The fraction of sp³-hybridized carbons (Fsp3) is 0.222. The zero-order chi connectivity index (χ0) is 16.4. The van der Waals surface area contributed by atoms with Crippen LogP contribution in [-0.2, 0) is 16.0 Å². The lowest BCUT2D eigenvalue weighted by Gasteiger charge is -2.19. The number of anilines is 1. The molecule has 0 saturated carbocycles. The van der Waals surface area contributed by atoms with Crippen LogP contribution in [0.4, 0.5) is 5.69 Å². The number of hydrogen-bond donors (Lipinski definition) is 2. The van der Waals surface area contributed by atoms with Crippen LogP contribution < -0.4 is 5.32 Å². The number of carboxylic acid groups (broad SMARTS) is 1. The molecule has 3 rings (SSSR count). The monoisotopic (exact) mass is 311 g/mol. The Morgan fingerprint density at radius 2 is 2.00 bits per heavy atom. The van der Waals surface area contributed by atoms with E-state index in [-0.39, 0.29) is 24.0 Å². The number of carbonyl (C=O) groups is 2. The number of esters is 1. The average Bonchev–Trinajstić information content (AvgIpc) is 2.70. The van der Waals surface area contributed by atoms with Crippen molar-refractivity contribution in [2.24, 2.45) is 0 Å². The number of fused-ring (bicyclic) bond motifs is 2. The second kappa shape index (κ2) is 6.12. The summed E-state index contributed by atoms with van der Waals surface area (Å²) in [6.45, 7) is 0. The second-order valence-corrected chi connectivity index (χ2v) is 5.53. The highest BCUT2D eigenvalue weighted by atomic mass is 16.5. The maximum Gasteiger partial charge on any atom is 0.335 e. The fourth-order valence-corrected chi connectivity index (χ4v) is 2.91. The molecule has 1 aliphatic heterocycles. The van der Waals surface area contributed by atoms with Gasteiger partial charge in [0.1, 0.15) is 0 Å². The van der Waals surface area contributed by atoms with Crippen molar-refractivity contribution in [2.45, 2.75) is 18.9 Å². The number of methoxy groups -OCH3 is 1. The van der Waals surface area contributed by atoms with Gasteiger partial charge in [-0.05, 0) is 35.2 Å². The van der Waals surface area contributed by atoms with E-state index in [0.29, 0.717) is 6.42 Å². The maximum atomic E-state index is 11.7. The van der Waals surface area contributed by atoms with E-state index in [9.17, 15) is 14.7 Å². The Morgan fingerprint density at radius 1 is 1.22 bits per heavy atom. The molecule has 5 nitrogen and oxygen atoms in total. The Hall–Kier alpha value is -2.82. The SMILES string of the molecule is COC(=O)CC1Nc2cc(C(=O)O)ccc2Cc2ccccc21. The Bertz CT molecular complexity index is 769. The zero-order valence-electron chi connectivity index (χ0n) is 12.7. The molecule has 0 bridgehead atoms. The van der Waals surface area contributed by atoms with Crippen LogP contribution in [0.2, 0.25) is 0 Å². The third-order valence-electron chi connectivity index (χ3n) is 4.10. The fourth-order valence-electron chi connectivity index (χ4n) is 2.91. The van der Waals surface area contributed by atoms with Crippen molar-refractivity contribution in [1.82, 2.24) is 0 Å². The number of ether oxygens (including phenoxy) is 1. The van der Waals surface area contributed by atoms with Gasteiger partial charge in [0, 0.05) is 5.69 Å². The summed E-state index contributed by atoms with van der Waals surface area (Å²) in [6, 6.07) is 12.7. The number of nitrogens with one attached hydrogen (secondary N) is 1. The van der Waals surface area contributed by atoms with Gasteiger partial charge < -0.3 is 15.2 Å². The molecule has 2 N–H and O–H groups in total. The van der Waals surface area contributed by atoms with Crippen LogP contribution in [0.1, 0.15) is 39.5 Å². The van der Waals surface area contributed by atoms with E-state index in [1.54, 1.807) is 12.1 Å². The summed E-state index contributed by atoms with van der Waals surface area (Å²) in [5, 5.41) is 12.5. The summed E-state index contributed by atoms with van der Waals surface area (Å²) < 4.78 is 4.79. The van der Waals surface area contributed by atoms with Crippen molar-refractivity contribution in [1.29, 1.82) is 0 Å². The lowest BCUT2D eigenvalue weighted by molar-refractivity contribution is -0.140. The molecule has 1 heterocycles. The molecule has 0 amide bonds. The molecule has 5 heteroatoms. The van der Waals surface area contributed by atoms with E-state index in [1.165, 1.54) is 7.11 Å². The molecule has 0 spiro atoms. The molecule has 0 saturated heterocycles. The molecule has 0 aliphatic carbocycles. The van der Waals surface area contributed by atoms with Crippen molar-refractivity contribution in [3.8, 4) is 0 Å². The standard InChI is InChI=1S/C18H17NO4/c1-23-17(20)10-16-14-5-3-2-4-11(14)8-12-6-7-13(18(21)22)9-15(12)19-16/h2-7,9,16,19H,8,10H2,1H3,(H,21,22). The lowest BCUT2D eigenvalue weighted by atomic mass is 9.96. The van der Waals surface area contributed by atoms with Crippen LogP contribution in [0.3, 0.4) is 0 Å². The smallest absolute Gasteiger partial charge is 0.335 e. The molecule has 2 aromatic rings. The minimum Gasteiger partial charge on any atom is -0.478 e. The van der Waals surface area contributed by atoms with Gasteiger partial charge in [-0.25, -0.2) is 4.79 Å². The van der Waals surface area contributed by atoms with Crippen LogP contribution in [0.25, 0.3) is 0 Å². The van der Waals surface area contributed by atoms with E-state index in [0.717, 1.165) is 22.4 Å². The summed E-state index contributed by atoms with van der Waals surface area (Å²) in [7, 11) is 1.36. The highest BCUT2D eigenvalue weighted by Crippen LogP contribution is 2.34. The Morgan fingerprint density at radius 3 is 2.74 bits per heavy atom. The maximum absolute atomic E-state index is 11.7. The van der Waals surface area contributed by atoms with E-state index < -0.39 is 5.97 Å². The van der Waals surface area contributed by atoms with Gasteiger partial charge in [0.2, 0.25) is 0 Å². The van der Waals surface area contributed by atoms with Gasteiger partial charge in [-0.1, -0.05) is 30.3 Å². The predicted molar refractivity (Wildman–Crippen MR) is 85.6 cm³/mol. The first-order valence-electron chi connectivity index (χ1n) is 7.36. The van der Waals surface area contributed by atoms with Crippen LogP contribution in [-0.4, -0.2) is 24.2 Å². The lowest BCUT2D eigenvalue weighted by Crippen LogP contribution is -2.16. The van der Waals surface area contributed by atoms with Crippen molar-refractivity contribution < 1.29 is 19.4 Å². The number of hydrogen-bond acceptors (Lipinski definition) is 4. The summed E-state index contributed by atoms with van der Waals surface area (Å²) in [4.78, 5) is 22.9. The highest BCUT2D eigenvalue weighted by Gasteiger charge is 2.24. The number of rotatable bonds is 3. The molecule has 1 atom stereocenters. The molecule has 118 valence electrons. The predicted octanol–water partition coefficient (Wildman–Crippen LogP) is 3.01. The molecular formula is C18H17NO4. The Labute approximate surface area is 133 Å². The van der Waals surface area contributed by atoms with Crippen LogP contribution in [0.15, 0.2) is 42.5 Å². The number of carboxylic acids is 1. The number of aromatic carboxylic acids is 1.